The second-order valence-corrected chi connectivity index (χ2v) is 8.83. The van der Waals surface area contributed by atoms with Crippen molar-refractivity contribution in [2.75, 3.05) is 0 Å². The van der Waals surface area contributed by atoms with Crippen LogP contribution in [0.2, 0.25) is 0 Å². The molecule has 1 saturated carbocycles. The van der Waals surface area contributed by atoms with E-state index in [9.17, 15) is 4.79 Å². The number of amides is 1. The first kappa shape index (κ1) is 20.4. The third kappa shape index (κ3) is 3.88. The smallest absolute Gasteiger partial charge is 0.255 e. The second-order valence-electron chi connectivity index (χ2n) is 8.83. The highest BCUT2D eigenvalue weighted by molar-refractivity contribution is 6.06. The normalized spacial score (nSPS) is 13.6. The number of rotatable bonds is 6. The minimum Gasteiger partial charge on any atom is -0.330 e. The first-order valence-electron chi connectivity index (χ1n) is 11.2. The first-order valence-corrected chi connectivity index (χ1v) is 11.2. The van der Waals surface area contributed by atoms with Crippen LogP contribution in [0.1, 0.15) is 54.3 Å². The molecule has 5 rings (SSSR count). The molecule has 0 aliphatic heterocycles. The average molecular weight is 426 g/mol. The second kappa shape index (κ2) is 8.19. The van der Waals surface area contributed by atoms with Gasteiger partial charge in [-0.2, -0.15) is 5.10 Å². The van der Waals surface area contributed by atoms with Crippen molar-refractivity contribution in [3.8, 4) is 11.3 Å². The van der Waals surface area contributed by atoms with Crippen molar-refractivity contribution in [2.45, 2.75) is 52.2 Å². The Morgan fingerprint density at radius 1 is 1.16 bits per heavy atom. The standard InChI is InChI=1S/C26H27N5O/c1-17(2)31-25-23(15-28-31)22(14-24(29-25)19-9-7-18(3)8-10-19)26(32)30(21-11-12-21)16-20-6-4-5-13-27-20/h4-10,13-15,17,21H,11-12,16H2,1-3H3. The Kier molecular flexibility index (Phi) is 5.21. The van der Waals surface area contributed by atoms with Gasteiger partial charge in [0.1, 0.15) is 0 Å². The van der Waals surface area contributed by atoms with Gasteiger partial charge in [-0.25, -0.2) is 9.67 Å². The first-order chi connectivity index (χ1) is 15.5. The van der Waals surface area contributed by atoms with Crippen molar-refractivity contribution in [3.05, 3.63) is 77.7 Å². The maximum atomic E-state index is 13.9. The van der Waals surface area contributed by atoms with Crippen LogP contribution in [0.5, 0.6) is 0 Å². The van der Waals surface area contributed by atoms with E-state index in [0.29, 0.717) is 12.1 Å². The molecule has 4 aromatic rings. The Morgan fingerprint density at radius 3 is 2.59 bits per heavy atom. The Balaban J connectivity index is 1.62. The van der Waals surface area contributed by atoms with E-state index in [1.54, 1.807) is 12.4 Å². The molecular weight excluding hydrogens is 398 g/mol. The molecule has 1 fully saturated rings. The van der Waals surface area contributed by atoms with Gasteiger partial charge < -0.3 is 4.90 Å². The summed E-state index contributed by atoms with van der Waals surface area (Å²) in [6.07, 6.45) is 5.61. The molecule has 0 atom stereocenters. The SMILES string of the molecule is Cc1ccc(-c2cc(C(=O)N(Cc3ccccn3)C3CC3)c3cnn(C(C)C)c3n2)cc1. The van der Waals surface area contributed by atoms with Crippen LogP contribution >= 0.6 is 0 Å². The van der Waals surface area contributed by atoms with Crippen molar-refractivity contribution in [2.24, 2.45) is 0 Å². The van der Waals surface area contributed by atoms with Crippen LogP contribution < -0.4 is 0 Å². The van der Waals surface area contributed by atoms with Gasteiger partial charge in [-0.1, -0.05) is 35.9 Å². The van der Waals surface area contributed by atoms with Gasteiger partial charge in [-0.3, -0.25) is 9.78 Å². The Morgan fingerprint density at radius 2 is 1.94 bits per heavy atom. The van der Waals surface area contributed by atoms with Crippen LogP contribution in [0, 0.1) is 6.92 Å². The lowest BCUT2D eigenvalue weighted by molar-refractivity contribution is 0.0729. The molecule has 0 unspecified atom stereocenters. The molecule has 1 amide bonds. The third-order valence-electron chi connectivity index (χ3n) is 5.94. The van der Waals surface area contributed by atoms with Gasteiger partial charge >= 0.3 is 0 Å². The van der Waals surface area contributed by atoms with E-state index in [0.717, 1.165) is 40.8 Å². The quantitative estimate of drug-likeness (QED) is 0.427. The average Bonchev–Trinajstić information content (AvgIpc) is 3.55. The lowest BCUT2D eigenvalue weighted by Crippen LogP contribution is -2.33. The van der Waals surface area contributed by atoms with Crippen molar-refractivity contribution < 1.29 is 4.79 Å². The number of carbonyl (C=O) groups is 1. The summed E-state index contributed by atoms with van der Waals surface area (Å²) in [7, 11) is 0. The summed E-state index contributed by atoms with van der Waals surface area (Å²) in [4.78, 5) is 25.2. The van der Waals surface area contributed by atoms with Crippen LogP contribution in [0.25, 0.3) is 22.3 Å². The highest BCUT2D eigenvalue weighted by Gasteiger charge is 2.34. The molecule has 3 aromatic heterocycles. The molecule has 6 heteroatoms. The molecule has 3 heterocycles. The fourth-order valence-corrected chi connectivity index (χ4v) is 4.02. The zero-order valence-electron chi connectivity index (χ0n) is 18.7. The van der Waals surface area contributed by atoms with Gasteiger partial charge in [0.05, 0.1) is 35.1 Å². The van der Waals surface area contributed by atoms with Gasteiger partial charge in [0.2, 0.25) is 0 Å². The Hall–Kier alpha value is -3.54. The summed E-state index contributed by atoms with van der Waals surface area (Å²) in [5, 5.41) is 5.36. The molecule has 32 heavy (non-hydrogen) atoms. The monoisotopic (exact) mass is 425 g/mol. The zero-order valence-corrected chi connectivity index (χ0v) is 18.7. The predicted octanol–water partition coefficient (Wildman–Crippen LogP) is 5.19. The van der Waals surface area contributed by atoms with Crippen LogP contribution in [0.3, 0.4) is 0 Å². The van der Waals surface area contributed by atoms with Gasteiger partial charge in [-0.05, 0) is 51.8 Å². The maximum Gasteiger partial charge on any atom is 0.255 e. The number of fused-ring (bicyclic) bond motifs is 1. The molecule has 1 aromatic carbocycles. The fourth-order valence-electron chi connectivity index (χ4n) is 4.02. The lowest BCUT2D eigenvalue weighted by Gasteiger charge is -2.23. The summed E-state index contributed by atoms with van der Waals surface area (Å²) >= 11 is 0. The van der Waals surface area contributed by atoms with Crippen molar-refractivity contribution >= 4 is 16.9 Å². The number of nitrogens with zero attached hydrogens (tertiary/aromatic N) is 5. The third-order valence-corrected chi connectivity index (χ3v) is 5.94. The van der Waals surface area contributed by atoms with Crippen LogP contribution in [0.15, 0.2) is 60.9 Å². The molecule has 1 aliphatic rings. The van der Waals surface area contributed by atoms with Gasteiger partial charge in [0.15, 0.2) is 5.65 Å². The molecule has 6 nitrogen and oxygen atoms in total. The largest absolute Gasteiger partial charge is 0.330 e. The highest BCUT2D eigenvalue weighted by Crippen LogP contribution is 2.33. The number of carbonyl (C=O) groups excluding carboxylic acids is 1. The summed E-state index contributed by atoms with van der Waals surface area (Å²) in [5.41, 5.74) is 5.27. The molecule has 0 spiro atoms. The Labute approximate surface area is 187 Å². The van der Waals surface area contributed by atoms with E-state index in [1.807, 2.05) is 33.8 Å². The summed E-state index contributed by atoms with van der Waals surface area (Å²) in [5.74, 6) is 0.0159. The summed E-state index contributed by atoms with van der Waals surface area (Å²) < 4.78 is 1.89. The van der Waals surface area contributed by atoms with Crippen LogP contribution in [-0.2, 0) is 6.54 Å². The molecule has 0 radical (unpaired) electrons. The number of hydrogen-bond acceptors (Lipinski definition) is 4. The predicted molar refractivity (Wildman–Crippen MR) is 125 cm³/mol. The van der Waals surface area contributed by atoms with Crippen molar-refractivity contribution in [1.29, 1.82) is 0 Å². The van der Waals surface area contributed by atoms with E-state index in [4.69, 9.17) is 4.98 Å². The zero-order chi connectivity index (χ0) is 22.2. The number of hydrogen-bond donors (Lipinski definition) is 0. The lowest BCUT2D eigenvalue weighted by atomic mass is 10.0. The molecule has 0 N–H and O–H groups in total. The number of benzene rings is 1. The van der Waals surface area contributed by atoms with Crippen molar-refractivity contribution in [1.82, 2.24) is 24.6 Å². The van der Waals surface area contributed by atoms with Gasteiger partial charge in [-0.15, -0.1) is 0 Å². The summed E-state index contributed by atoms with van der Waals surface area (Å²) in [6, 6.07) is 16.4. The Bertz CT molecular complexity index is 1260. The summed E-state index contributed by atoms with van der Waals surface area (Å²) in [6.45, 7) is 6.72. The number of pyridine rings is 2. The van der Waals surface area contributed by atoms with Crippen LogP contribution in [0.4, 0.5) is 0 Å². The molecule has 0 saturated heterocycles. The van der Waals surface area contributed by atoms with E-state index >= 15 is 0 Å². The molecule has 1 aliphatic carbocycles. The number of aryl methyl sites for hydroxylation is 1. The molecular formula is C26H27N5O. The maximum absolute atomic E-state index is 13.9. The van der Waals surface area contributed by atoms with Crippen molar-refractivity contribution in [3.63, 3.8) is 0 Å². The molecule has 0 bridgehead atoms. The molecule has 162 valence electrons. The highest BCUT2D eigenvalue weighted by atomic mass is 16.2. The minimum atomic E-state index is 0.0159. The van der Waals surface area contributed by atoms with E-state index < -0.39 is 0 Å². The van der Waals surface area contributed by atoms with Gasteiger partial charge in [0, 0.05) is 23.8 Å². The van der Waals surface area contributed by atoms with E-state index in [1.165, 1.54) is 5.56 Å². The number of aromatic nitrogens is 4. The van der Waals surface area contributed by atoms with E-state index in [-0.39, 0.29) is 18.0 Å². The van der Waals surface area contributed by atoms with Crippen LogP contribution in [-0.4, -0.2) is 36.6 Å². The topological polar surface area (TPSA) is 63.9 Å². The van der Waals surface area contributed by atoms with E-state index in [2.05, 4.69) is 55.1 Å². The fraction of sp³-hybridized carbons (Fsp3) is 0.308. The van der Waals surface area contributed by atoms with Gasteiger partial charge in [0.25, 0.3) is 5.91 Å². The minimum absolute atomic E-state index is 0.0159.